The van der Waals surface area contributed by atoms with Crippen LogP contribution in [0.2, 0.25) is 0 Å². The Morgan fingerprint density at radius 2 is 1.62 bits per heavy atom. The Kier molecular flexibility index (Phi) is 4.41. The average Bonchev–Trinajstić information content (AvgIpc) is 3.23. The van der Waals surface area contributed by atoms with Crippen LogP contribution in [0.4, 0.5) is 0 Å². The van der Waals surface area contributed by atoms with Crippen LogP contribution in [-0.4, -0.2) is 19.6 Å². The molecule has 0 amide bonds. The molecular weight excluding hydrogens is 360 g/mol. The first kappa shape index (κ1) is 17.4. The van der Waals surface area contributed by atoms with E-state index in [1.807, 2.05) is 48.5 Å². The number of aromatic nitrogens is 4. The van der Waals surface area contributed by atoms with Crippen LogP contribution < -0.4 is 4.74 Å². The first-order valence-electron chi connectivity index (χ1n) is 9.71. The zero-order valence-corrected chi connectivity index (χ0v) is 16.1. The van der Waals surface area contributed by atoms with Crippen molar-refractivity contribution >= 4 is 16.6 Å². The fourth-order valence-corrected chi connectivity index (χ4v) is 3.34. The van der Waals surface area contributed by atoms with E-state index in [2.05, 4.69) is 41.3 Å². The van der Waals surface area contributed by atoms with Gasteiger partial charge in [0.25, 0.3) is 0 Å². The number of fused-ring (bicyclic) bond motifs is 3. The molecule has 0 radical (unpaired) electrons. The third-order valence-electron chi connectivity index (χ3n) is 5.03. The summed E-state index contributed by atoms with van der Waals surface area (Å²) < 4.78 is 7.62. The van der Waals surface area contributed by atoms with Gasteiger partial charge in [-0.15, -0.1) is 5.10 Å². The van der Waals surface area contributed by atoms with E-state index < -0.39 is 0 Å². The van der Waals surface area contributed by atoms with Crippen LogP contribution in [0.5, 0.6) is 5.75 Å². The van der Waals surface area contributed by atoms with Crippen LogP contribution in [0.15, 0.2) is 79.1 Å². The Labute approximate surface area is 168 Å². The standard InChI is InChI=1S/C24H20N4O/c1-2-17-9-13-20(14-10-17)29-15-18-7-11-19(12-8-18)23-26-24-21-5-3-4-6-22(21)25-16-28(24)27-23/h3-14,16H,2,15H2,1H3. The minimum Gasteiger partial charge on any atom is -0.489 e. The largest absolute Gasteiger partial charge is 0.489 e. The number of para-hydroxylation sites is 1. The van der Waals surface area contributed by atoms with Crippen molar-refractivity contribution < 1.29 is 4.74 Å². The van der Waals surface area contributed by atoms with Crippen molar-refractivity contribution in [1.29, 1.82) is 0 Å². The molecular formula is C24H20N4O. The van der Waals surface area contributed by atoms with Gasteiger partial charge in [0.1, 0.15) is 18.7 Å². The van der Waals surface area contributed by atoms with Crippen molar-refractivity contribution in [3.8, 4) is 17.1 Å². The first-order valence-corrected chi connectivity index (χ1v) is 9.71. The Morgan fingerprint density at radius 3 is 2.41 bits per heavy atom. The maximum atomic E-state index is 5.89. The highest BCUT2D eigenvalue weighted by atomic mass is 16.5. The van der Waals surface area contributed by atoms with Gasteiger partial charge in [0.2, 0.25) is 0 Å². The molecule has 5 heteroatoms. The Hall–Kier alpha value is -3.73. The van der Waals surface area contributed by atoms with Gasteiger partial charge in [-0.05, 0) is 41.8 Å². The van der Waals surface area contributed by atoms with Crippen LogP contribution >= 0.6 is 0 Å². The third-order valence-corrected chi connectivity index (χ3v) is 5.03. The van der Waals surface area contributed by atoms with Gasteiger partial charge in [0.05, 0.1) is 5.52 Å². The van der Waals surface area contributed by atoms with Gasteiger partial charge >= 0.3 is 0 Å². The molecule has 0 bridgehead atoms. The molecule has 3 aromatic carbocycles. The molecule has 0 saturated carbocycles. The number of benzene rings is 3. The summed E-state index contributed by atoms with van der Waals surface area (Å²) in [7, 11) is 0. The maximum Gasteiger partial charge on any atom is 0.182 e. The fraction of sp³-hybridized carbons (Fsp3) is 0.125. The molecule has 0 aliphatic rings. The SMILES string of the molecule is CCc1ccc(OCc2ccc(-c3nc4c5ccccc5ncn4n3)cc2)cc1. The number of rotatable bonds is 5. The predicted octanol–water partition coefficient (Wildman–Crippen LogP) is 5.09. The monoisotopic (exact) mass is 380 g/mol. The highest BCUT2D eigenvalue weighted by Crippen LogP contribution is 2.22. The second-order valence-electron chi connectivity index (χ2n) is 6.95. The number of hydrogen-bond donors (Lipinski definition) is 0. The van der Waals surface area contributed by atoms with E-state index >= 15 is 0 Å². The molecule has 0 unspecified atom stereocenters. The third kappa shape index (κ3) is 3.43. The van der Waals surface area contributed by atoms with Crippen LogP contribution in [0.25, 0.3) is 27.9 Å². The number of ether oxygens (including phenoxy) is 1. The maximum absolute atomic E-state index is 5.89. The van der Waals surface area contributed by atoms with Crippen LogP contribution in [-0.2, 0) is 13.0 Å². The second kappa shape index (κ2) is 7.36. The zero-order chi connectivity index (χ0) is 19.6. The summed E-state index contributed by atoms with van der Waals surface area (Å²) in [5, 5.41) is 5.58. The van der Waals surface area contributed by atoms with Crippen molar-refractivity contribution in [2.75, 3.05) is 0 Å². The molecule has 0 aliphatic heterocycles. The van der Waals surface area contributed by atoms with Crippen molar-refractivity contribution in [2.24, 2.45) is 0 Å². The van der Waals surface area contributed by atoms with Crippen LogP contribution in [0.3, 0.4) is 0 Å². The van der Waals surface area contributed by atoms with E-state index in [0.717, 1.165) is 39.8 Å². The summed E-state index contributed by atoms with van der Waals surface area (Å²) in [6, 6.07) is 24.4. The highest BCUT2D eigenvalue weighted by molar-refractivity contribution is 5.91. The molecule has 0 N–H and O–H groups in total. The minimum atomic E-state index is 0.527. The van der Waals surface area contributed by atoms with Crippen molar-refractivity contribution in [3.05, 3.63) is 90.3 Å². The Balaban J connectivity index is 1.36. The Morgan fingerprint density at radius 1 is 0.862 bits per heavy atom. The summed E-state index contributed by atoms with van der Waals surface area (Å²) in [5.74, 6) is 1.57. The highest BCUT2D eigenvalue weighted by Gasteiger charge is 2.10. The van der Waals surface area contributed by atoms with Crippen LogP contribution in [0, 0.1) is 0 Å². The summed E-state index contributed by atoms with van der Waals surface area (Å²) in [6.07, 6.45) is 2.74. The summed E-state index contributed by atoms with van der Waals surface area (Å²) in [5.41, 5.74) is 5.11. The summed E-state index contributed by atoms with van der Waals surface area (Å²) in [4.78, 5) is 9.17. The van der Waals surface area contributed by atoms with E-state index in [1.165, 1.54) is 5.56 Å². The smallest absolute Gasteiger partial charge is 0.182 e. The van der Waals surface area contributed by atoms with E-state index in [0.29, 0.717) is 12.4 Å². The zero-order valence-electron chi connectivity index (χ0n) is 16.1. The average molecular weight is 380 g/mol. The van der Waals surface area contributed by atoms with Gasteiger partial charge in [-0.1, -0.05) is 55.5 Å². The molecule has 0 atom stereocenters. The molecule has 5 aromatic rings. The van der Waals surface area contributed by atoms with E-state index in [9.17, 15) is 0 Å². The molecule has 0 spiro atoms. The molecule has 0 fully saturated rings. The van der Waals surface area contributed by atoms with Crippen molar-refractivity contribution in [1.82, 2.24) is 19.6 Å². The van der Waals surface area contributed by atoms with Gasteiger partial charge in [-0.25, -0.2) is 14.5 Å². The second-order valence-corrected chi connectivity index (χ2v) is 6.95. The molecule has 5 nitrogen and oxygen atoms in total. The number of aryl methyl sites for hydroxylation is 1. The topological polar surface area (TPSA) is 52.3 Å². The van der Waals surface area contributed by atoms with Crippen molar-refractivity contribution in [3.63, 3.8) is 0 Å². The minimum absolute atomic E-state index is 0.527. The molecule has 5 rings (SSSR count). The van der Waals surface area contributed by atoms with Crippen molar-refractivity contribution in [2.45, 2.75) is 20.0 Å². The fourth-order valence-electron chi connectivity index (χ4n) is 3.34. The normalized spacial score (nSPS) is 11.2. The van der Waals surface area contributed by atoms with E-state index in [-0.39, 0.29) is 0 Å². The summed E-state index contributed by atoms with van der Waals surface area (Å²) in [6.45, 7) is 2.67. The number of nitrogens with zero attached hydrogens (tertiary/aromatic N) is 4. The van der Waals surface area contributed by atoms with Gasteiger partial charge in [0, 0.05) is 10.9 Å². The number of hydrogen-bond acceptors (Lipinski definition) is 4. The first-order chi connectivity index (χ1) is 14.3. The van der Waals surface area contributed by atoms with Crippen LogP contribution in [0.1, 0.15) is 18.1 Å². The van der Waals surface area contributed by atoms with Gasteiger partial charge in [-0.2, -0.15) is 0 Å². The molecule has 29 heavy (non-hydrogen) atoms. The lowest BCUT2D eigenvalue weighted by Crippen LogP contribution is -1.95. The molecule has 2 heterocycles. The molecule has 0 saturated heterocycles. The van der Waals surface area contributed by atoms with E-state index in [4.69, 9.17) is 9.72 Å². The van der Waals surface area contributed by atoms with Gasteiger partial charge < -0.3 is 4.74 Å². The van der Waals surface area contributed by atoms with Gasteiger partial charge in [-0.3, -0.25) is 0 Å². The molecule has 142 valence electrons. The lowest BCUT2D eigenvalue weighted by atomic mass is 10.1. The quantitative estimate of drug-likeness (QED) is 0.426. The lowest BCUT2D eigenvalue weighted by molar-refractivity contribution is 0.306. The summed E-state index contributed by atoms with van der Waals surface area (Å²) >= 11 is 0. The van der Waals surface area contributed by atoms with E-state index in [1.54, 1.807) is 10.8 Å². The molecule has 2 aromatic heterocycles. The lowest BCUT2D eigenvalue weighted by Gasteiger charge is -2.07. The predicted molar refractivity (Wildman–Crippen MR) is 114 cm³/mol. The Bertz CT molecular complexity index is 1270. The van der Waals surface area contributed by atoms with Gasteiger partial charge in [0.15, 0.2) is 11.5 Å². The molecule has 0 aliphatic carbocycles.